The Morgan fingerprint density at radius 2 is 2.04 bits per heavy atom. The van der Waals surface area contributed by atoms with Gasteiger partial charge in [0.15, 0.2) is 0 Å². The van der Waals surface area contributed by atoms with Gasteiger partial charge in [0.2, 0.25) is 0 Å². The summed E-state index contributed by atoms with van der Waals surface area (Å²) in [6.45, 7) is 1.25. The first kappa shape index (κ1) is 15.6. The Labute approximate surface area is 145 Å². The van der Waals surface area contributed by atoms with Crippen molar-refractivity contribution in [1.29, 1.82) is 0 Å². The lowest BCUT2D eigenvalue weighted by Gasteiger charge is -2.33. The number of aromatic nitrogens is 3. The number of hydrogen-bond donors (Lipinski definition) is 0. The standard InChI is InChI=1S/C19H20N4O2/c1-21-10-5-9-17(21)19(25)22-11-4-6-14(12-22)23-13-20-16-8-3-2-7-15(16)18(23)24/h2-3,5,7-10,13-14H,4,6,11-12H2,1H3. The quantitative estimate of drug-likeness (QED) is 0.721. The third kappa shape index (κ3) is 2.73. The highest BCUT2D eigenvalue weighted by Crippen LogP contribution is 2.22. The Morgan fingerprint density at radius 3 is 2.84 bits per heavy atom. The van der Waals surface area contributed by atoms with Crippen molar-refractivity contribution in [1.82, 2.24) is 19.0 Å². The van der Waals surface area contributed by atoms with Crippen LogP contribution in [-0.2, 0) is 7.05 Å². The first-order valence-electron chi connectivity index (χ1n) is 8.51. The first-order chi connectivity index (χ1) is 12.1. The number of para-hydroxylation sites is 1. The number of likely N-dealkylation sites (tertiary alicyclic amines) is 1. The van der Waals surface area contributed by atoms with Gasteiger partial charge in [-0.2, -0.15) is 0 Å². The number of aryl methyl sites for hydroxylation is 1. The molecule has 4 rings (SSSR count). The molecule has 1 saturated heterocycles. The Bertz CT molecular complexity index is 988. The molecule has 1 unspecified atom stereocenters. The molecule has 1 fully saturated rings. The second-order valence-corrected chi connectivity index (χ2v) is 6.53. The highest BCUT2D eigenvalue weighted by molar-refractivity contribution is 5.92. The summed E-state index contributed by atoms with van der Waals surface area (Å²) in [6.07, 6.45) is 5.23. The van der Waals surface area contributed by atoms with Crippen LogP contribution in [0.4, 0.5) is 0 Å². The number of piperidine rings is 1. The number of nitrogens with zero attached hydrogens (tertiary/aromatic N) is 4. The molecular weight excluding hydrogens is 316 g/mol. The van der Waals surface area contributed by atoms with Gasteiger partial charge in [-0.15, -0.1) is 0 Å². The maximum atomic E-state index is 12.8. The third-order valence-corrected chi connectivity index (χ3v) is 4.93. The number of benzene rings is 1. The third-order valence-electron chi connectivity index (χ3n) is 4.93. The maximum absolute atomic E-state index is 12.8. The van der Waals surface area contributed by atoms with E-state index in [0.717, 1.165) is 19.4 Å². The molecule has 0 bridgehead atoms. The SMILES string of the molecule is Cn1cccc1C(=O)N1CCCC(n2cnc3ccccc3c2=O)C1. The van der Waals surface area contributed by atoms with Crippen LogP contribution < -0.4 is 5.56 Å². The van der Waals surface area contributed by atoms with Gasteiger partial charge in [-0.1, -0.05) is 12.1 Å². The second-order valence-electron chi connectivity index (χ2n) is 6.53. The molecule has 6 nitrogen and oxygen atoms in total. The molecule has 0 spiro atoms. The average molecular weight is 336 g/mol. The molecule has 0 aliphatic carbocycles. The van der Waals surface area contributed by atoms with Crippen molar-refractivity contribution >= 4 is 16.8 Å². The van der Waals surface area contributed by atoms with Crippen LogP contribution in [0.25, 0.3) is 10.9 Å². The minimum atomic E-state index is -0.0393. The van der Waals surface area contributed by atoms with Crippen LogP contribution in [0.1, 0.15) is 29.4 Å². The van der Waals surface area contributed by atoms with Gasteiger partial charge in [-0.3, -0.25) is 14.2 Å². The number of rotatable bonds is 2. The van der Waals surface area contributed by atoms with E-state index in [2.05, 4.69) is 4.98 Å². The molecule has 1 aliphatic heterocycles. The van der Waals surface area contributed by atoms with Crippen LogP contribution in [-0.4, -0.2) is 38.0 Å². The van der Waals surface area contributed by atoms with E-state index in [0.29, 0.717) is 23.1 Å². The lowest BCUT2D eigenvalue weighted by Crippen LogP contribution is -2.43. The molecule has 1 aliphatic rings. The maximum Gasteiger partial charge on any atom is 0.270 e. The zero-order valence-electron chi connectivity index (χ0n) is 14.1. The molecule has 1 atom stereocenters. The summed E-state index contributed by atoms with van der Waals surface area (Å²) in [5, 5.41) is 0.621. The highest BCUT2D eigenvalue weighted by atomic mass is 16.2. The predicted octanol–water partition coefficient (Wildman–Crippen LogP) is 2.21. The van der Waals surface area contributed by atoms with E-state index in [-0.39, 0.29) is 17.5 Å². The van der Waals surface area contributed by atoms with Gasteiger partial charge in [0, 0.05) is 26.3 Å². The summed E-state index contributed by atoms with van der Waals surface area (Å²) < 4.78 is 3.52. The number of carbonyl (C=O) groups excluding carboxylic acids is 1. The van der Waals surface area contributed by atoms with Crippen molar-refractivity contribution in [3.05, 3.63) is 65.0 Å². The fourth-order valence-electron chi connectivity index (χ4n) is 3.55. The Hall–Kier alpha value is -2.89. The van der Waals surface area contributed by atoms with Crippen molar-refractivity contribution in [2.45, 2.75) is 18.9 Å². The van der Waals surface area contributed by atoms with Crippen molar-refractivity contribution in [2.75, 3.05) is 13.1 Å². The molecule has 3 heterocycles. The minimum Gasteiger partial charge on any atom is -0.347 e. The summed E-state index contributed by atoms with van der Waals surface area (Å²) in [5.41, 5.74) is 1.34. The van der Waals surface area contributed by atoms with Crippen molar-refractivity contribution in [3.8, 4) is 0 Å². The number of amides is 1. The summed E-state index contributed by atoms with van der Waals surface area (Å²) in [4.78, 5) is 31.8. The molecule has 128 valence electrons. The Balaban J connectivity index is 1.64. The van der Waals surface area contributed by atoms with Crippen LogP contribution in [0.3, 0.4) is 0 Å². The zero-order valence-corrected chi connectivity index (χ0v) is 14.1. The van der Waals surface area contributed by atoms with Crippen LogP contribution >= 0.6 is 0 Å². The van der Waals surface area contributed by atoms with Gasteiger partial charge in [0.1, 0.15) is 5.69 Å². The van der Waals surface area contributed by atoms with E-state index in [4.69, 9.17) is 0 Å². The second kappa shape index (κ2) is 6.20. The number of hydrogen-bond acceptors (Lipinski definition) is 3. The molecule has 25 heavy (non-hydrogen) atoms. The summed E-state index contributed by atoms with van der Waals surface area (Å²) >= 11 is 0. The van der Waals surface area contributed by atoms with Gasteiger partial charge in [-0.25, -0.2) is 4.98 Å². The molecule has 0 saturated carbocycles. The largest absolute Gasteiger partial charge is 0.347 e. The molecule has 0 radical (unpaired) electrons. The predicted molar refractivity (Wildman–Crippen MR) is 95.6 cm³/mol. The van der Waals surface area contributed by atoms with Gasteiger partial charge in [-0.05, 0) is 37.1 Å². The summed E-state index contributed by atoms with van der Waals surface area (Å²) in [5.74, 6) is 0.0130. The zero-order chi connectivity index (χ0) is 17.4. The lowest BCUT2D eigenvalue weighted by atomic mass is 10.0. The monoisotopic (exact) mass is 336 g/mol. The molecule has 1 amide bonds. The lowest BCUT2D eigenvalue weighted by molar-refractivity contribution is 0.0667. The molecule has 6 heteroatoms. The van der Waals surface area contributed by atoms with Crippen LogP contribution in [0.5, 0.6) is 0 Å². The molecule has 1 aromatic carbocycles. The highest BCUT2D eigenvalue weighted by Gasteiger charge is 2.27. The fraction of sp³-hybridized carbons (Fsp3) is 0.316. The number of fused-ring (bicyclic) bond motifs is 1. The normalized spacial score (nSPS) is 17.8. The van der Waals surface area contributed by atoms with E-state index in [9.17, 15) is 9.59 Å². The van der Waals surface area contributed by atoms with E-state index in [1.165, 1.54) is 0 Å². The van der Waals surface area contributed by atoms with Crippen LogP contribution in [0, 0.1) is 0 Å². The van der Waals surface area contributed by atoms with E-state index in [1.807, 2.05) is 53.0 Å². The number of carbonyl (C=O) groups is 1. The summed E-state index contributed by atoms with van der Waals surface area (Å²) in [6, 6.07) is 11.0. The van der Waals surface area contributed by atoms with Crippen molar-refractivity contribution in [3.63, 3.8) is 0 Å². The first-order valence-corrected chi connectivity index (χ1v) is 8.51. The topological polar surface area (TPSA) is 60.1 Å². The Kier molecular flexibility index (Phi) is 3.87. The molecule has 3 aromatic rings. The van der Waals surface area contributed by atoms with E-state index >= 15 is 0 Å². The van der Waals surface area contributed by atoms with Gasteiger partial charge in [0.05, 0.1) is 23.3 Å². The van der Waals surface area contributed by atoms with Crippen LogP contribution in [0.15, 0.2) is 53.7 Å². The smallest absolute Gasteiger partial charge is 0.270 e. The van der Waals surface area contributed by atoms with Crippen molar-refractivity contribution < 1.29 is 4.79 Å². The van der Waals surface area contributed by atoms with Gasteiger partial charge in [0.25, 0.3) is 11.5 Å². The van der Waals surface area contributed by atoms with Gasteiger partial charge >= 0.3 is 0 Å². The molecule has 2 aromatic heterocycles. The van der Waals surface area contributed by atoms with E-state index < -0.39 is 0 Å². The fourth-order valence-corrected chi connectivity index (χ4v) is 3.55. The van der Waals surface area contributed by atoms with E-state index in [1.54, 1.807) is 17.0 Å². The van der Waals surface area contributed by atoms with Crippen LogP contribution in [0.2, 0.25) is 0 Å². The minimum absolute atomic E-state index is 0.0130. The van der Waals surface area contributed by atoms with Crippen molar-refractivity contribution in [2.24, 2.45) is 7.05 Å². The molecular formula is C19H20N4O2. The average Bonchev–Trinajstić information content (AvgIpc) is 3.08. The van der Waals surface area contributed by atoms with Gasteiger partial charge < -0.3 is 9.47 Å². The Morgan fingerprint density at radius 1 is 1.20 bits per heavy atom. The summed E-state index contributed by atoms with van der Waals surface area (Å²) in [7, 11) is 1.87. The molecule has 0 N–H and O–H groups in total.